The Balaban J connectivity index is 3.34. The van der Waals surface area contributed by atoms with E-state index < -0.39 is 17.9 Å². The summed E-state index contributed by atoms with van der Waals surface area (Å²) in [7, 11) is 0. The van der Waals surface area contributed by atoms with E-state index in [0.29, 0.717) is 0 Å². The first-order valence-corrected chi connectivity index (χ1v) is 6.89. The quantitative estimate of drug-likeness (QED) is 0.414. The van der Waals surface area contributed by atoms with Crippen LogP contribution in [0.15, 0.2) is 22.6 Å². The molecule has 0 aromatic rings. The van der Waals surface area contributed by atoms with Crippen LogP contribution in [0.25, 0.3) is 0 Å². The molecule has 0 atom stereocenters. The summed E-state index contributed by atoms with van der Waals surface area (Å²) in [5, 5.41) is 4.67. The van der Waals surface area contributed by atoms with Crippen molar-refractivity contribution in [3.8, 4) is 0 Å². The average Bonchev–Trinajstić information content (AvgIpc) is 1.66. The predicted molar refractivity (Wildman–Crippen MR) is 35.7 cm³/mol. The second kappa shape index (κ2) is 5.33. The molecule has 0 aromatic carbocycles. The molecule has 0 heterocycles. The summed E-state index contributed by atoms with van der Waals surface area (Å²) in [5.41, 5.74) is 0. The van der Waals surface area contributed by atoms with Crippen LogP contribution < -0.4 is 0 Å². The van der Waals surface area contributed by atoms with Crippen LogP contribution in [0.4, 0.5) is 0 Å². The van der Waals surface area contributed by atoms with Crippen LogP contribution in [0, 0.1) is 0 Å². The van der Waals surface area contributed by atoms with E-state index in [9.17, 15) is 0 Å². The molecule has 45 valence electrons. The van der Waals surface area contributed by atoms with E-state index in [0.717, 1.165) is 0 Å². The van der Waals surface area contributed by atoms with Gasteiger partial charge in [0.05, 0.1) is 0 Å². The van der Waals surface area contributed by atoms with Crippen molar-refractivity contribution in [3.05, 3.63) is 22.6 Å². The number of hydrogen-bond donors (Lipinski definition) is 0. The molecule has 0 rings (SSSR count). The topological polar surface area (TPSA) is 0 Å². The Bertz CT molecular complexity index is 90.6. The van der Waals surface area contributed by atoms with E-state index in [2.05, 4.69) is 33.1 Å². The molecule has 0 aliphatic rings. The molecule has 0 saturated heterocycles. The van der Waals surface area contributed by atoms with E-state index in [4.69, 9.17) is 0 Å². The van der Waals surface area contributed by atoms with Gasteiger partial charge in [0.25, 0.3) is 0 Å². The van der Waals surface area contributed by atoms with E-state index in [-0.39, 0.29) is 0 Å². The number of hydrogen-bond acceptors (Lipinski definition) is 0. The fourth-order valence-electron chi connectivity index (χ4n) is 0.359. The van der Waals surface area contributed by atoms with Crippen molar-refractivity contribution < 1.29 is 17.9 Å². The van der Waals surface area contributed by atoms with Gasteiger partial charge < -0.3 is 0 Å². The SMILES string of the molecule is CC=CC=[CH][Ti]([CH3])[CH3]. The monoisotopic (exact) mass is 145 g/mol. The Labute approximate surface area is 58.1 Å². The summed E-state index contributed by atoms with van der Waals surface area (Å²) < 4.78 is 2.33. The molecule has 0 unspecified atom stereocenters. The molecule has 0 spiro atoms. The molecule has 0 bridgehead atoms. The second-order valence-electron chi connectivity index (χ2n) is 1.96. The molecule has 0 saturated carbocycles. The fraction of sp³-hybridized carbons (Fsp3) is 0.429. The maximum absolute atomic E-state index is 2.33. The molecular formula is C7H13Ti. The van der Waals surface area contributed by atoms with Crippen LogP contribution in [0.2, 0.25) is 10.5 Å². The molecule has 0 aliphatic heterocycles. The van der Waals surface area contributed by atoms with Gasteiger partial charge >= 0.3 is 57.9 Å². The van der Waals surface area contributed by atoms with Crippen LogP contribution in [-0.2, 0) is 17.9 Å². The molecule has 0 fully saturated rings. The van der Waals surface area contributed by atoms with Crippen molar-refractivity contribution in [1.29, 1.82) is 0 Å². The van der Waals surface area contributed by atoms with Gasteiger partial charge in [0.1, 0.15) is 0 Å². The molecule has 0 nitrogen and oxygen atoms in total. The fourth-order valence-corrected chi connectivity index (χ4v) is 1.13. The van der Waals surface area contributed by atoms with Crippen molar-refractivity contribution in [2.75, 3.05) is 0 Å². The van der Waals surface area contributed by atoms with Crippen molar-refractivity contribution in [2.45, 2.75) is 17.4 Å². The second-order valence-corrected chi connectivity index (χ2v) is 5.85. The van der Waals surface area contributed by atoms with E-state index >= 15 is 0 Å². The van der Waals surface area contributed by atoms with Gasteiger partial charge in [-0.3, -0.25) is 0 Å². The number of rotatable bonds is 2. The van der Waals surface area contributed by atoms with Gasteiger partial charge in [0, 0.05) is 0 Å². The van der Waals surface area contributed by atoms with Crippen molar-refractivity contribution >= 4 is 0 Å². The van der Waals surface area contributed by atoms with Crippen molar-refractivity contribution in [2.24, 2.45) is 0 Å². The van der Waals surface area contributed by atoms with Gasteiger partial charge in [-0.05, 0) is 0 Å². The summed E-state index contributed by atoms with van der Waals surface area (Å²) in [6, 6.07) is 0. The third-order valence-corrected chi connectivity index (χ3v) is 2.07. The van der Waals surface area contributed by atoms with Crippen molar-refractivity contribution in [1.82, 2.24) is 0 Å². The molecule has 0 radical (unpaired) electrons. The first-order valence-electron chi connectivity index (χ1n) is 2.87. The first kappa shape index (κ1) is 8.19. The van der Waals surface area contributed by atoms with Gasteiger partial charge in [-0.15, -0.1) is 0 Å². The first-order chi connectivity index (χ1) is 3.77. The molecule has 0 N–H and O–H groups in total. The van der Waals surface area contributed by atoms with Crippen molar-refractivity contribution in [3.63, 3.8) is 0 Å². The molecule has 0 aromatic heterocycles. The Hall–Kier alpha value is 0.194. The minimum atomic E-state index is -0.655. The molecule has 0 aliphatic carbocycles. The van der Waals surface area contributed by atoms with Gasteiger partial charge in [-0.1, -0.05) is 0 Å². The Morgan fingerprint density at radius 3 is 2.12 bits per heavy atom. The summed E-state index contributed by atoms with van der Waals surface area (Å²) in [5.74, 6) is 0. The van der Waals surface area contributed by atoms with E-state index in [1.54, 1.807) is 0 Å². The van der Waals surface area contributed by atoms with Gasteiger partial charge in [0.15, 0.2) is 0 Å². The normalized spacial score (nSPS) is 11.4. The molecular weight excluding hydrogens is 132 g/mol. The summed E-state index contributed by atoms with van der Waals surface area (Å²) in [6.07, 6.45) is 6.28. The van der Waals surface area contributed by atoms with Gasteiger partial charge in [0.2, 0.25) is 0 Å². The Morgan fingerprint density at radius 2 is 1.75 bits per heavy atom. The van der Waals surface area contributed by atoms with Gasteiger partial charge in [-0.25, -0.2) is 0 Å². The average molecular weight is 145 g/mol. The van der Waals surface area contributed by atoms with Crippen LogP contribution in [0.3, 0.4) is 0 Å². The summed E-state index contributed by atoms with van der Waals surface area (Å²) >= 11 is -0.655. The summed E-state index contributed by atoms with van der Waals surface area (Å²) in [6.45, 7) is 2.04. The van der Waals surface area contributed by atoms with Crippen LogP contribution >= 0.6 is 0 Å². The van der Waals surface area contributed by atoms with Crippen LogP contribution in [-0.4, -0.2) is 0 Å². The predicted octanol–water partition coefficient (Wildman–Crippen LogP) is 2.79. The zero-order valence-corrected chi connectivity index (χ0v) is 7.37. The maximum atomic E-state index is 2.33. The Kier molecular flexibility index (Phi) is 5.46. The Morgan fingerprint density at radius 1 is 1.12 bits per heavy atom. The third-order valence-electron chi connectivity index (χ3n) is 0.733. The third kappa shape index (κ3) is 6.19. The zero-order valence-electron chi connectivity index (χ0n) is 5.81. The number of allylic oxidation sites excluding steroid dienone is 3. The molecule has 8 heavy (non-hydrogen) atoms. The molecule has 0 amide bonds. The minimum absolute atomic E-state index is 0.655. The van der Waals surface area contributed by atoms with Crippen LogP contribution in [0.1, 0.15) is 6.92 Å². The summed E-state index contributed by atoms with van der Waals surface area (Å²) in [4.78, 5) is 0. The standard InChI is InChI=1S/C5H7.2CH3.Ti/c1-3-5-4-2;;;/h1,3-5H,2H3;2*1H3;. The van der Waals surface area contributed by atoms with E-state index in [1.165, 1.54) is 0 Å². The van der Waals surface area contributed by atoms with Gasteiger partial charge in [-0.2, -0.15) is 0 Å². The van der Waals surface area contributed by atoms with E-state index in [1.807, 2.05) is 6.92 Å². The van der Waals surface area contributed by atoms with Crippen LogP contribution in [0.5, 0.6) is 0 Å². The zero-order chi connectivity index (χ0) is 6.41. The molecule has 1 heteroatoms.